The zero-order valence-electron chi connectivity index (χ0n) is 22.0. The van der Waals surface area contributed by atoms with Gasteiger partial charge in [0.25, 0.3) is 0 Å². The van der Waals surface area contributed by atoms with Crippen molar-refractivity contribution >= 4 is 11.6 Å². The Hall–Kier alpha value is -4.12. The molecule has 2 nitrogen and oxygen atoms in total. The summed E-state index contributed by atoms with van der Waals surface area (Å²) >= 11 is 5.95. The minimum atomic E-state index is -4.84. The van der Waals surface area contributed by atoms with Crippen molar-refractivity contribution < 1.29 is 49.0 Å². The third-order valence-electron chi connectivity index (χ3n) is 6.10. The quantitative estimate of drug-likeness (QED) is 0.135. The number of hydrogen-bond acceptors (Lipinski definition) is 2. The first kappa shape index (κ1) is 31.8. The van der Waals surface area contributed by atoms with E-state index in [1.165, 1.54) is 12.1 Å². The molecule has 0 N–H and O–H groups in total. The van der Waals surface area contributed by atoms with Crippen LogP contribution in [-0.4, -0.2) is 6.18 Å². The molecule has 0 spiro atoms. The number of benzene rings is 4. The topological polar surface area (TPSA) is 18.5 Å². The van der Waals surface area contributed by atoms with E-state index in [1.807, 2.05) is 31.2 Å². The minimum absolute atomic E-state index is 0.0472. The predicted octanol–water partition coefficient (Wildman–Crippen LogP) is 10.8. The number of ether oxygens (including phenoxy) is 2. The van der Waals surface area contributed by atoms with Crippen LogP contribution >= 0.6 is 11.6 Å². The van der Waals surface area contributed by atoms with Crippen LogP contribution in [0, 0.1) is 23.3 Å². The second-order valence-corrected chi connectivity index (χ2v) is 9.66. The van der Waals surface area contributed by atoms with Crippen molar-refractivity contribution in [2.24, 2.45) is 0 Å². The highest BCUT2D eigenvalue weighted by molar-refractivity contribution is 6.31. The first-order chi connectivity index (χ1) is 20.2. The zero-order valence-corrected chi connectivity index (χ0v) is 22.8. The summed E-state index contributed by atoms with van der Waals surface area (Å²) < 4.78 is 133. The molecule has 0 radical (unpaired) electrons. The van der Waals surface area contributed by atoms with Gasteiger partial charge in [0.05, 0.1) is 17.4 Å². The number of alkyl halides is 5. The van der Waals surface area contributed by atoms with Gasteiger partial charge < -0.3 is 9.47 Å². The Balaban J connectivity index is 1.58. The molecule has 0 aromatic heterocycles. The number of hydrogen-bond donors (Lipinski definition) is 0. The fourth-order valence-electron chi connectivity index (χ4n) is 4.17. The van der Waals surface area contributed by atoms with Crippen LogP contribution in [0.1, 0.15) is 24.5 Å². The predicted molar refractivity (Wildman–Crippen MR) is 143 cm³/mol. The average molecular weight is 631 g/mol. The second kappa shape index (κ2) is 12.6. The van der Waals surface area contributed by atoms with E-state index in [4.69, 9.17) is 11.6 Å². The van der Waals surface area contributed by atoms with Gasteiger partial charge >= 0.3 is 12.3 Å². The molecule has 0 saturated heterocycles. The highest BCUT2D eigenvalue weighted by Crippen LogP contribution is 2.41. The van der Waals surface area contributed by atoms with E-state index >= 15 is 4.39 Å². The van der Waals surface area contributed by atoms with Gasteiger partial charge in [-0.05, 0) is 46.9 Å². The lowest BCUT2D eigenvalue weighted by atomic mass is 9.97. The molecule has 12 heteroatoms. The molecule has 0 fully saturated rings. The first-order valence-corrected chi connectivity index (χ1v) is 12.9. The van der Waals surface area contributed by atoms with Gasteiger partial charge in [0.2, 0.25) is 0 Å². The lowest BCUT2D eigenvalue weighted by molar-refractivity contribution is -0.187. The van der Waals surface area contributed by atoms with Crippen LogP contribution < -0.4 is 9.47 Å². The summed E-state index contributed by atoms with van der Waals surface area (Å²) in [6, 6.07) is 13.5. The van der Waals surface area contributed by atoms with E-state index in [1.54, 1.807) is 6.07 Å². The van der Waals surface area contributed by atoms with Gasteiger partial charge in [-0.1, -0.05) is 61.3 Å². The molecule has 4 aromatic rings. The van der Waals surface area contributed by atoms with Crippen LogP contribution in [0.25, 0.3) is 22.3 Å². The molecule has 0 atom stereocenters. The van der Waals surface area contributed by atoms with Crippen LogP contribution in [0.5, 0.6) is 11.5 Å². The molecule has 0 amide bonds. The summed E-state index contributed by atoms with van der Waals surface area (Å²) in [4.78, 5) is 0. The molecule has 0 aliphatic rings. The van der Waals surface area contributed by atoms with Gasteiger partial charge in [0, 0.05) is 17.7 Å². The van der Waals surface area contributed by atoms with Gasteiger partial charge in [0.1, 0.15) is 22.9 Å². The number of halogens is 10. The van der Waals surface area contributed by atoms with Gasteiger partial charge in [-0.25, -0.2) is 17.6 Å². The van der Waals surface area contributed by atoms with Crippen molar-refractivity contribution in [2.75, 3.05) is 0 Å². The molecule has 43 heavy (non-hydrogen) atoms. The molecule has 0 bridgehead atoms. The minimum Gasteiger partial charge on any atom is -0.459 e. The summed E-state index contributed by atoms with van der Waals surface area (Å²) in [5.41, 5.74) is 0.563. The summed E-state index contributed by atoms with van der Waals surface area (Å²) in [7, 11) is 0. The summed E-state index contributed by atoms with van der Waals surface area (Å²) in [6.45, 7) is 2.04. The molecule has 0 unspecified atom stereocenters. The number of aryl methyl sites for hydroxylation is 1. The van der Waals surface area contributed by atoms with E-state index in [2.05, 4.69) is 9.47 Å². The molecule has 0 aliphatic carbocycles. The Kier molecular flexibility index (Phi) is 9.34. The van der Waals surface area contributed by atoms with Crippen LogP contribution in [0.2, 0.25) is 5.02 Å². The van der Waals surface area contributed by atoms with E-state index < -0.39 is 63.7 Å². The van der Waals surface area contributed by atoms with Crippen molar-refractivity contribution in [3.05, 3.63) is 118 Å². The smallest absolute Gasteiger partial charge is 0.431 e. The zero-order chi connectivity index (χ0) is 31.5. The maximum absolute atomic E-state index is 15.1. The number of rotatable bonds is 9. The fourth-order valence-corrected chi connectivity index (χ4v) is 4.49. The number of allylic oxidation sites excluding steroid dienone is 1. The molecule has 4 rings (SSSR count). The van der Waals surface area contributed by atoms with Crippen molar-refractivity contribution in [3.8, 4) is 33.8 Å². The molecular weight excluding hydrogens is 611 g/mol. The third-order valence-corrected chi connectivity index (χ3v) is 6.40. The summed E-state index contributed by atoms with van der Waals surface area (Å²) in [6.07, 6.45) is -8.08. The van der Waals surface area contributed by atoms with E-state index in [9.17, 15) is 35.1 Å². The van der Waals surface area contributed by atoms with Crippen molar-refractivity contribution in [2.45, 2.75) is 32.1 Å². The maximum Gasteiger partial charge on any atom is 0.431 e. The highest BCUT2D eigenvalue weighted by Gasteiger charge is 2.41. The molecule has 0 aliphatic heterocycles. The van der Waals surface area contributed by atoms with Crippen LogP contribution in [0.3, 0.4) is 0 Å². The second-order valence-electron chi connectivity index (χ2n) is 9.25. The van der Waals surface area contributed by atoms with Crippen molar-refractivity contribution in [1.29, 1.82) is 0 Å². The lowest BCUT2D eigenvalue weighted by Gasteiger charge is -2.21. The lowest BCUT2D eigenvalue weighted by Crippen LogP contribution is -2.24. The van der Waals surface area contributed by atoms with Gasteiger partial charge in [-0.2, -0.15) is 22.0 Å². The molecule has 0 saturated carbocycles. The molecule has 4 aromatic carbocycles. The Labute approximate surface area is 244 Å². The monoisotopic (exact) mass is 630 g/mol. The maximum atomic E-state index is 15.1. The SMILES string of the molecule is CCCc1ccc(-c2ccc(-c3cc(F)c(C(F)(F)Oc4cc(F)c(O/C=C/C(F)(F)F)c(F)c4)c(Cl)c3)c(F)c2)cc1. The van der Waals surface area contributed by atoms with Crippen LogP contribution in [0.4, 0.5) is 39.5 Å². The standard InChI is InChI=1S/C31H20ClF9O2/c1-2-3-17-4-6-18(7-5-17)19-8-9-22(24(33)13-19)20-12-23(32)28(25(34)14-20)31(40,41)43-21-15-26(35)29(27(36)16-21)42-11-10-30(37,38)39/h4-16H,2-3H2,1H3/b11-10+. The van der Waals surface area contributed by atoms with Crippen LogP contribution in [-0.2, 0) is 12.5 Å². The van der Waals surface area contributed by atoms with E-state index in [-0.39, 0.29) is 29.5 Å². The van der Waals surface area contributed by atoms with E-state index in [0.29, 0.717) is 11.6 Å². The summed E-state index contributed by atoms with van der Waals surface area (Å²) in [5.74, 6) is -8.24. The van der Waals surface area contributed by atoms with Gasteiger partial charge in [-0.15, -0.1) is 0 Å². The Morgan fingerprint density at radius 3 is 1.88 bits per heavy atom. The highest BCUT2D eigenvalue weighted by atomic mass is 35.5. The third kappa shape index (κ3) is 7.64. The van der Waals surface area contributed by atoms with Crippen LogP contribution in [0.15, 0.2) is 79.1 Å². The Morgan fingerprint density at radius 2 is 1.33 bits per heavy atom. The fraction of sp³-hybridized carbons (Fsp3) is 0.161. The summed E-state index contributed by atoms with van der Waals surface area (Å²) in [5, 5.41) is -0.881. The van der Waals surface area contributed by atoms with E-state index in [0.717, 1.165) is 30.0 Å². The molecular formula is C31H20ClF9O2. The largest absolute Gasteiger partial charge is 0.459 e. The first-order valence-electron chi connectivity index (χ1n) is 12.5. The average Bonchev–Trinajstić information content (AvgIpc) is 2.89. The normalized spacial score (nSPS) is 12.2. The van der Waals surface area contributed by atoms with Crippen molar-refractivity contribution in [1.82, 2.24) is 0 Å². The van der Waals surface area contributed by atoms with Gasteiger partial charge in [0.15, 0.2) is 17.4 Å². The Bertz CT molecular complexity index is 1600. The Morgan fingerprint density at radius 1 is 0.721 bits per heavy atom. The van der Waals surface area contributed by atoms with Crippen molar-refractivity contribution in [3.63, 3.8) is 0 Å². The van der Waals surface area contributed by atoms with Gasteiger partial charge in [-0.3, -0.25) is 0 Å². The molecule has 0 heterocycles. The molecule has 226 valence electrons.